The number of ether oxygens (including phenoxy) is 2. The number of amides is 1. The maximum atomic E-state index is 11.8. The van der Waals surface area contributed by atoms with Gasteiger partial charge in [-0.05, 0) is 48.8 Å². The van der Waals surface area contributed by atoms with Gasteiger partial charge in [0.05, 0.1) is 12.7 Å². The van der Waals surface area contributed by atoms with Crippen LogP contribution in [0, 0.1) is 0 Å². The molecule has 1 amide bonds. The number of esters is 1. The summed E-state index contributed by atoms with van der Waals surface area (Å²) in [7, 11) is 1.26. The molecule has 144 valence electrons. The third-order valence-electron chi connectivity index (χ3n) is 2.90. The predicted molar refractivity (Wildman–Crippen MR) is 101 cm³/mol. The van der Waals surface area contributed by atoms with E-state index in [1.807, 2.05) is 0 Å². The fourth-order valence-corrected chi connectivity index (χ4v) is 3.42. The number of methoxy groups -OCH3 is 1. The van der Waals surface area contributed by atoms with E-state index in [0.29, 0.717) is 15.1 Å². The summed E-state index contributed by atoms with van der Waals surface area (Å²) in [6.07, 6.45) is -0.819. The number of benzene rings is 1. The van der Waals surface area contributed by atoms with E-state index in [-0.39, 0.29) is 11.3 Å². The fourth-order valence-electron chi connectivity index (χ4n) is 1.76. The molecule has 0 fully saturated rings. The molecule has 10 heteroatoms. The summed E-state index contributed by atoms with van der Waals surface area (Å²) in [5, 5.41) is 11.6. The number of anilines is 1. The van der Waals surface area contributed by atoms with E-state index in [2.05, 4.69) is 26.0 Å². The largest absolute Gasteiger partial charge is 0.480 e. The summed E-state index contributed by atoms with van der Waals surface area (Å²) in [5.41, 5.74) is 5.74. The van der Waals surface area contributed by atoms with Crippen LogP contribution in [0.1, 0.15) is 31.1 Å². The van der Waals surface area contributed by atoms with Gasteiger partial charge in [-0.15, -0.1) is 11.8 Å². The molecule has 0 saturated carbocycles. The van der Waals surface area contributed by atoms with Crippen molar-refractivity contribution in [2.24, 2.45) is 0 Å². The van der Waals surface area contributed by atoms with Crippen molar-refractivity contribution in [3.63, 3.8) is 0 Å². The second kappa shape index (κ2) is 9.13. The summed E-state index contributed by atoms with van der Waals surface area (Å²) in [4.78, 5) is 35.3. The van der Waals surface area contributed by atoms with Crippen molar-refractivity contribution in [3.8, 4) is 0 Å². The molecule has 0 bridgehead atoms. The molecule has 0 heterocycles. The number of thioether (sulfide) groups is 1. The van der Waals surface area contributed by atoms with E-state index in [4.69, 9.17) is 10.5 Å². The third-order valence-corrected chi connectivity index (χ3v) is 4.72. The average molecular weight is 449 g/mol. The van der Waals surface area contributed by atoms with Crippen molar-refractivity contribution in [3.05, 3.63) is 22.2 Å². The Morgan fingerprint density at radius 3 is 2.46 bits per heavy atom. The molecule has 1 aromatic carbocycles. The summed E-state index contributed by atoms with van der Waals surface area (Å²) >= 11 is 4.38. The van der Waals surface area contributed by atoms with Crippen molar-refractivity contribution in [1.82, 2.24) is 5.32 Å². The monoisotopic (exact) mass is 448 g/mol. The van der Waals surface area contributed by atoms with E-state index in [1.54, 1.807) is 26.8 Å². The van der Waals surface area contributed by atoms with Gasteiger partial charge in [0.1, 0.15) is 11.6 Å². The molecule has 8 nitrogen and oxygen atoms in total. The molecule has 1 aromatic rings. The lowest BCUT2D eigenvalue weighted by Gasteiger charge is -2.22. The second-order valence-electron chi connectivity index (χ2n) is 6.21. The van der Waals surface area contributed by atoms with E-state index in [1.165, 1.54) is 13.2 Å². The van der Waals surface area contributed by atoms with Gasteiger partial charge in [0.15, 0.2) is 0 Å². The van der Waals surface area contributed by atoms with Gasteiger partial charge in [0.2, 0.25) is 0 Å². The third kappa shape index (κ3) is 6.75. The van der Waals surface area contributed by atoms with E-state index in [0.717, 1.165) is 11.8 Å². The standard InChI is InChI=1S/C16H21BrN2O6S/c1-16(2,3)25-15(23)19-11(13(20)21)7-26-12-6-9(17)8(5-10(12)18)14(22)24-4/h5-6,11H,7,18H2,1-4H3,(H,19,23)(H,20,21). The van der Waals surface area contributed by atoms with E-state index in [9.17, 15) is 19.5 Å². The summed E-state index contributed by atoms with van der Waals surface area (Å²) < 4.78 is 10.2. The van der Waals surface area contributed by atoms with Gasteiger partial charge in [0, 0.05) is 20.8 Å². The maximum absolute atomic E-state index is 11.8. The summed E-state index contributed by atoms with van der Waals surface area (Å²) in [6, 6.07) is 1.86. The van der Waals surface area contributed by atoms with Gasteiger partial charge >= 0.3 is 18.0 Å². The molecule has 4 N–H and O–H groups in total. The fraction of sp³-hybridized carbons (Fsp3) is 0.438. The molecular formula is C16H21BrN2O6S. The van der Waals surface area contributed by atoms with Crippen molar-refractivity contribution in [2.45, 2.75) is 37.3 Å². The molecule has 1 unspecified atom stereocenters. The molecule has 0 aromatic heterocycles. The first-order valence-electron chi connectivity index (χ1n) is 7.47. The number of hydrogen-bond acceptors (Lipinski definition) is 7. The van der Waals surface area contributed by atoms with Crippen LogP contribution < -0.4 is 11.1 Å². The van der Waals surface area contributed by atoms with Crippen LogP contribution in [0.5, 0.6) is 0 Å². The van der Waals surface area contributed by atoms with Crippen LogP contribution in [0.2, 0.25) is 0 Å². The van der Waals surface area contributed by atoms with Crippen LogP contribution in [0.3, 0.4) is 0 Å². The number of nitrogens with one attached hydrogen (secondary N) is 1. The molecule has 0 aliphatic rings. The van der Waals surface area contributed by atoms with Crippen molar-refractivity contribution < 1.29 is 29.0 Å². The van der Waals surface area contributed by atoms with Crippen molar-refractivity contribution in [2.75, 3.05) is 18.6 Å². The van der Waals surface area contributed by atoms with E-state index < -0.39 is 29.7 Å². The minimum atomic E-state index is -1.20. The highest BCUT2D eigenvalue weighted by Crippen LogP contribution is 2.32. The first-order valence-corrected chi connectivity index (χ1v) is 9.25. The van der Waals surface area contributed by atoms with Crippen LogP contribution in [0.15, 0.2) is 21.5 Å². The minimum absolute atomic E-state index is 0.0167. The number of carboxylic acids is 1. The lowest BCUT2D eigenvalue weighted by atomic mass is 10.2. The summed E-state index contributed by atoms with van der Waals surface area (Å²) in [6.45, 7) is 5.04. The number of rotatable bonds is 6. The molecule has 1 rings (SSSR count). The molecule has 1 atom stereocenters. The Morgan fingerprint density at radius 2 is 1.96 bits per heavy atom. The summed E-state index contributed by atoms with van der Waals surface area (Å²) in [5.74, 6) is -1.73. The highest BCUT2D eigenvalue weighted by atomic mass is 79.9. The average Bonchev–Trinajstić information content (AvgIpc) is 2.51. The number of carbonyl (C=O) groups is 3. The normalized spacial score (nSPS) is 12.2. The Bertz CT molecular complexity index is 705. The molecule has 0 spiro atoms. The van der Waals surface area contributed by atoms with Crippen molar-refractivity contribution >= 4 is 51.4 Å². The first-order chi connectivity index (χ1) is 11.9. The van der Waals surface area contributed by atoms with Crippen LogP contribution in [0.4, 0.5) is 10.5 Å². The van der Waals surface area contributed by atoms with Crippen LogP contribution in [-0.4, -0.2) is 47.6 Å². The lowest BCUT2D eigenvalue weighted by molar-refractivity contribution is -0.138. The molecule has 26 heavy (non-hydrogen) atoms. The maximum Gasteiger partial charge on any atom is 0.408 e. The molecular weight excluding hydrogens is 428 g/mol. The van der Waals surface area contributed by atoms with Gasteiger partial charge in [-0.3, -0.25) is 0 Å². The van der Waals surface area contributed by atoms with Gasteiger partial charge < -0.3 is 25.6 Å². The van der Waals surface area contributed by atoms with Crippen LogP contribution >= 0.6 is 27.7 Å². The molecule has 0 aliphatic carbocycles. The molecule has 0 aliphatic heterocycles. The van der Waals surface area contributed by atoms with Gasteiger partial charge in [-0.25, -0.2) is 14.4 Å². The predicted octanol–water partition coefficient (Wildman–Crippen LogP) is 2.89. The number of hydrogen-bond donors (Lipinski definition) is 3. The number of nitrogen functional groups attached to an aromatic ring is 1. The number of carbonyl (C=O) groups excluding carboxylic acids is 2. The number of alkyl carbamates (subject to hydrolysis) is 1. The Kier molecular flexibility index (Phi) is 7.76. The van der Waals surface area contributed by atoms with E-state index >= 15 is 0 Å². The van der Waals surface area contributed by atoms with Crippen molar-refractivity contribution in [1.29, 1.82) is 0 Å². The minimum Gasteiger partial charge on any atom is -0.480 e. The van der Waals surface area contributed by atoms with Gasteiger partial charge in [-0.1, -0.05) is 0 Å². The topological polar surface area (TPSA) is 128 Å². The second-order valence-corrected chi connectivity index (χ2v) is 8.13. The molecule has 0 radical (unpaired) electrons. The zero-order valence-corrected chi connectivity index (χ0v) is 17.2. The Hall–Kier alpha value is -1.94. The van der Waals surface area contributed by atoms with Gasteiger partial charge in [-0.2, -0.15) is 0 Å². The Morgan fingerprint density at radius 1 is 1.35 bits per heavy atom. The first kappa shape index (κ1) is 22.1. The van der Waals surface area contributed by atoms with Gasteiger partial charge in [0.25, 0.3) is 0 Å². The highest BCUT2D eigenvalue weighted by molar-refractivity contribution is 9.10. The lowest BCUT2D eigenvalue weighted by Crippen LogP contribution is -2.44. The number of halogens is 1. The molecule has 0 saturated heterocycles. The smallest absolute Gasteiger partial charge is 0.408 e. The van der Waals surface area contributed by atoms with Crippen LogP contribution in [-0.2, 0) is 14.3 Å². The Labute approximate surface area is 163 Å². The number of nitrogens with two attached hydrogens (primary N) is 1. The zero-order valence-electron chi connectivity index (χ0n) is 14.8. The zero-order chi connectivity index (χ0) is 20.1. The quantitative estimate of drug-likeness (QED) is 0.344. The SMILES string of the molecule is COC(=O)c1cc(N)c(SCC(NC(=O)OC(C)(C)C)C(=O)O)cc1Br. The highest BCUT2D eigenvalue weighted by Gasteiger charge is 2.24. The number of aliphatic carboxylic acids is 1. The number of carboxylic acid groups (broad SMARTS) is 1. The Balaban J connectivity index is 2.84. The van der Waals surface area contributed by atoms with Crippen LogP contribution in [0.25, 0.3) is 0 Å².